The van der Waals surface area contributed by atoms with Gasteiger partial charge in [-0.3, -0.25) is 4.79 Å². The molecule has 136 valence electrons. The van der Waals surface area contributed by atoms with Crippen LogP contribution in [0.4, 0.5) is 0 Å². The van der Waals surface area contributed by atoms with Crippen molar-refractivity contribution in [1.82, 2.24) is 0 Å². The number of ether oxygens (including phenoxy) is 2. The number of hydrogen-bond acceptors (Lipinski definition) is 3. The van der Waals surface area contributed by atoms with Crippen molar-refractivity contribution < 1.29 is 19.4 Å². The van der Waals surface area contributed by atoms with Crippen LogP contribution < -0.4 is 0 Å². The van der Waals surface area contributed by atoms with Crippen molar-refractivity contribution in [2.75, 3.05) is 0 Å². The maximum absolute atomic E-state index is 11.4. The van der Waals surface area contributed by atoms with Gasteiger partial charge in [-0.1, -0.05) is 27.2 Å². The van der Waals surface area contributed by atoms with Crippen LogP contribution in [0.5, 0.6) is 0 Å². The largest absolute Gasteiger partial charge is 0.481 e. The quantitative estimate of drug-likeness (QED) is 0.769. The van der Waals surface area contributed by atoms with Crippen molar-refractivity contribution in [3.63, 3.8) is 0 Å². The lowest BCUT2D eigenvalue weighted by atomic mass is 9.44. The molecule has 2 saturated heterocycles. The summed E-state index contributed by atoms with van der Waals surface area (Å²) >= 11 is 0. The molecule has 4 nitrogen and oxygen atoms in total. The highest BCUT2D eigenvalue weighted by Crippen LogP contribution is 2.74. The first kappa shape index (κ1) is 16.8. The van der Waals surface area contributed by atoms with E-state index in [4.69, 9.17) is 9.47 Å². The molecule has 6 atom stereocenters. The van der Waals surface area contributed by atoms with E-state index in [1.54, 1.807) is 0 Å². The maximum Gasteiger partial charge on any atom is 0.306 e. The minimum Gasteiger partial charge on any atom is -0.481 e. The molecule has 24 heavy (non-hydrogen) atoms. The molecule has 0 bridgehead atoms. The van der Waals surface area contributed by atoms with E-state index in [1.165, 1.54) is 12.8 Å². The summed E-state index contributed by atoms with van der Waals surface area (Å²) in [5.74, 6) is -0.194. The second-order valence-electron chi connectivity index (χ2n) is 10.2. The number of carbonyl (C=O) groups is 1. The molecule has 0 radical (unpaired) electrons. The van der Waals surface area contributed by atoms with Crippen molar-refractivity contribution in [2.45, 2.75) is 102 Å². The molecule has 2 aliphatic heterocycles. The summed E-state index contributed by atoms with van der Waals surface area (Å²) in [6.45, 7) is 11.4. The van der Waals surface area contributed by atoms with Crippen LogP contribution in [0.2, 0.25) is 0 Å². The van der Waals surface area contributed by atoms with Crippen LogP contribution in [0.15, 0.2) is 0 Å². The smallest absolute Gasteiger partial charge is 0.306 e. The molecule has 2 aliphatic carbocycles. The first-order chi connectivity index (χ1) is 11.0. The summed E-state index contributed by atoms with van der Waals surface area (Å²) in [6.07, 6.45) is 6.87. The van der Waals surface area contributed by atoms with E-state index in [9.17, 15) is 9.90 Å². The Kier molecular flexibility index (Phi) is 3.20. The molecule has 0 unspecified atom stereocenters. The molecule has 0 amide bonds. The summed E-state index contributed by atoms with van der Waals surface area (Å²) in [5.41, 5.74) is -0.787. The lowest BCUT2D eigenvalue weighted by Gasteiger charge is -2.62. The molecule has 4 fully saturated rings. The maximum atomic E-state index is 11.4. The predicted molar refractivity (Wildman–Crippen MR) is 90.8 cm³/mol. The van der Waals surface area contributed by atoms with Gasteiger partial charge in [0.1, 0.15) is 11.2 Å². The van der Waals surface area contributed by atoms with Crippen LogP contribution in [-0.4, -0.2) is 34.0 Å². The number of fused-ring (bicyclic) bond motifs is 4. The number of aliphatic carboxylic acids is 1. The number of carboxylic acid groups (broad SMARTS) is 1. The Bertz CT molecular complexity index is 586. The highest BCUT2D eigenvalue weighted by Gasteiger charge is 2.80. The molecule has 2 saturated carbocycles. The molecule has 2 heterocycles. The van der Waals surface area contributed by atoms with E-state index in [1.807, 2.05) is 6.92 Å². The number of hydrogen-bond donors (Lipinski definition) is 1. The fourth-order valence-electron chi connectivity index (χ4n) is 7.01. The molecule has 4 heteroatoms. The predicted octanol–water partition coefficient (Wildman–Crippen LogP) is 4.16. The van der Waals surface area contributed by atoms with Gasteiger partial charge in [-0.25, -0.2) is 0 Å². The second kappa shape index (κ2) is 4.56. The van der Waals surface area contributed by atoms with Gasteiger partial charge in [0.15, 0.2) is 0 Å². The normalized spacial score (nSPS) is 55.0. The molecule has 1 N–H and O–H groups in total. The Labute approximate surface area is 145 Å². The summed E-state index contributed by atoms with van der Waals surface area (Å²) < 4.78 is 13.1. The monoisotopic (exact) mass is 336 g/mol. The summed E-state index contributed by atoms with van der Waals surface area (Å²) in [5, 5.41) is 9.33. The number of carboxylic acids is 1. The van der Waals surface area contributed by atoms with Crippen LogP contribution in [0, 0.1) is 16.7 Å². The zero-order chi connectivity index (χ0) is 17.6. The zero-order valence-electron chi connectivity index (χ0n) is 15.8. The standard InChI is InChI=1S/C20H32O4/c1-16(2)7-6-8-18(4)13(16)11-14-19(5,23-14)20(18)10-9-17(3,24-20)12-15(21)22/h13-14H,6-12H2,1-5H3,(H,21,22)/t13-,14+,17-,18-,19+,20-/m0/s1. The number of rotatable bonds is 2. The Balaban J connectivity index is 1.77. The third-order valence-corrected chi connectivity index (χ3v) is 8.30. The van der Waals surface area contributed by atoms with E-state index in [0.29, 0.717) is 11.3 Å². The van der Waals surface area contributed by atoms with Gasteiger partial charge < -0.3 is 14.6 Å². The Morgan fingerprint density at radius 1 is 1.08 bits per heavy atom. The molecule has 4 rings (SSSR count). The lowest BCUT2D eigenvalue weighted by Crippen LogP contribution is -2.66. The van der Waals surface area contributed by atoms with Gasteiger partial charge >= 0.3 is 5.97 Å². The van der Waals surface area contributed by atoms with Crippen molar-refractivity contribution in [3.05, 3.63) is 0 Å². The minimum absolute atomic E-state index is 0.0623. The van der Waals surface area contributed by atoms with Crippen molar-refractivity contribution >= 4 is 5.97 Å². The first-order valence-electron chi connectivity index (χ1n) is 9.58. The minimum atomic E-state index is -0.769. The van der Waals surface area contributed by atoms with Crippen LogP contribution >= 0.6 is 0 Å². The Morgan fingerprint density at radius 3 is 2.46 bits per heavy atom. The van der Waals surface area contributed by atoms with Gasteiger partial charge in [0.2, 0.25) is 0 Å². The van der Waals surface area contributed by atoms with Crippen LogP contribution in [0.25, 0.3) is 0 Å². The Morgan fingerprint density at radius 2 is 1.79 bits per heavy atom. The molecular weight excluding hydrogens is 304 g/mol. The highest BCUT2D eigenvalue weighted by molar-refractivity contribution is 5.68. The molecule has 1 spiro atoms. The second-order valence-corrected chi connectivity index (χ2v) is 10.2. The first-order valence-corrected chi connectivity index (χ1v) is 9.58. The number of epoxide rings is 1. The SMILES string of the molecule is CC1(C)CCC[C@@]2(C)[C@H]1C[C@H]1O[C@@]1(C)[C@]21CC[C@@](C)(CC(=O)O)O1. The molecule has 0 aromatic rings. The van der Waals surface area contributed by atoms with E-state index in [0.717, 1.165) is 25.7 Å². The average molecular weight is 336 g/mol. The van der Waals surface area contributed by atoms with Gasteiger partial charge in [-0.05, 0) is 57.3 Å². The lowest BCUT2D eigenvalue weighted by molar-refractivity contribution is -0.237. The zero-order valence-corrected chi connectivity index (χ0v) is 15.8. The van der Waals surface area contributed by atoms with Gasteiger partial charge in [-0.2, -0.15) is 0 Å². The van der Waals surface area contributed by atoms with Crippen LogP contribution in [-0.2, 0) is 14.3 Å². The van der Waals surface area contributed by atoms with E-state index >= 15 is 0 Å². The van der Waals surface area contributed by atoms with Crippen LogP contribution in [0.1, 0.15) is 79.6 Å². The third kappa shape index (κ3) is 1.90. The summed E-state index contributed by atoms with van der Waals surface area (Å²) in [6, 6.07) is 0. The van der Waals surface area contributed by atoms with Gasteiger partial charge in [0.25, 0.3) is 0 Å². The van der Waals surface area contributed by atoms with Gasteiger partial charge in [-0.15, -0.1) is 0 Å². The highest BCUT2D eigenvalue weighted by atomic mass is 16.7. The van der Waals surface area contributed by atoms with Crippen molar-refractivity contribution in [1.29, 1.82) is 0 Å². The van der Waals surface area contributed by atoms with Gasteiger partial charge in [0.05, 0.1) is 18.1 Å². The fraction of sp³-hybridized carbons (Fsp3) is 0.950. The molecular formula is C20H32O4. The molecule has 0 aromatic carbocycles. The van der Waals surface area contributed by atoms with E-state index in [2.05, 4.69) is 27.7 Å². The summed E-state index contributed by atoms with van der Waals surface area (Å²) in [4.78, 5) is 11.4. The van der Waals surface area contributed by atoms with Crippen molar-refractivity contribution in [3.8, 4) is 0 Å². The third-order valence-electron chi connectivity index (χ3n) is 8.30. The average Bonchev–Trinajstić information content (AvgIpc) is 2.97. The molecule has 4 aliphatic rings. The van der Waals surface area contributed by atoms with Crippen LogP contribution in [0.3, 0.4) is 0 Å². The van der Waals surface area contributed by atoms with E-state index < -0.39 is 11.6 Å². The van der Waals surface area contributed by atoms with Gasteiger partial charge in [0, 0.05) is 5.41 Å². The van der Waals surface area contributed by atoms with E-state index in [-0.39, 0.29) is 29.1 Å². The fourth-order valence-corrected chi connectivity index (χ4v) is 7.01. The summed E-state index contributed by atoms with van der Waals surface area (Å²) in [7, 11) is 0. The molecule has 0 aromatic heterocycles. The topological polar surface area (TPSA) is 59.1 Å². The van der Waals surface area contributed by atoms with Crippen molar-refractivity contribution in [2.24, 2.45) is 16.7 Å². The Hall–Kier alpha value is -0.610.